The molecule has 0 fully saturated rings. The zero-order chi connectivity index (χ0) is 11.8. The van der Waals surface area contributed by atoms with E-state index >= 15 is 0 Å². The highest BCUT2D eigenvalue weighted by molar-refractivity contribution is 5.99. The van der Waals surface area contributed by atoms with Gasteiger partial charge in [-0.1, -0.05) is 0 Å². The van der Waals surface area contributed by atoms with Crippen molar-refractivity contribution in [2.24, 2.45) is 0 Å². The van der Waals surface area contributed by atoms with Crippen molar-refractivity contribution in [1.82, 2.24) is 0 Å². The number of phenolic OH excluding ortho intramolecular Hbond substituents is 1. The van der Waals surface area contributed by atoms with Gasteiger partial charge in [-0.15, -0.1) is 0 Å². The van der Waals surface area contributed by atoms with E-state index in [1.165, 1.54) is 0 Å². The quantitative estimate of drug-likeness (QED) is 0.562. The van der Waals surface area contributed by atoms with Crippen LogP contribution in [0, 0.1) is 0 Å². The molecule has 0 aromatic heterocycles. The van der Waals surface area contributed by atoms with Crippen molar-refractivity contribution >= 4 is 11.5 Å². The Kier molecular flexibility index (Phi) is 2.61. The average Bonchev–Trinajstić information content (AvgIpc) is 2.00. The maximum absolute atomic E-state index is 12.3. The second-order valence-electron chi connectivity index (χ2n) is 3.01. The number of rotatable bonds is 1. The van der Waals surface area contributed by atoms with Crippen molar-refractivity contribution < 1.29 is 23.1 Å². The average molecular weight is 219 g/mol. The lowest BCUT2D eigenvalue weighted by atomic mass is 10.0. The number of alkyl halides is 3. The van der Waals surface area contributed by atoms with Crippen molar-refractivity contribution in [1.29, 1.82) is 0 Å². The number of ketones is 1. The number of Topliss-reactive ketones (excluding diaryl/α,β-unsaturated/α-hetero) is 1. The predicted molar refractivity (Wildman–Crippen MR) is 47.5 cm³/mol. The van der Waals surface area contributed by atoms with Gasteiger partial charge in [0.05, 0.1) is 5.56 Å². The van der Waals surface area contributed by atoms with Gasteiger partial charge >= 0.3 is 6.18 Å². The molecule has 0 aliphatic rings. The topological polar surface area (TPSA) is 63.3 Å². The van der Waals surface area contributed by atoms with Crippen LogP contribution in [0.5, 0.6) is 5.75 Å². The van der Waals surface area contributed by atoms with Crippen molar-refractivity contribution in [3.05, 3.63) is 23.3 Å². The monoisotopic (exact) mass is 219 g/mol. The summed E-state index contributed by atoms with van der Waals surface area (Å²) in [5.74, 6) is -1.57. The number of hydrogen-bond donors (Lipinski definition) is 2. The Morgan fingerprint density at radius 1 is 1.40 bits per heavy atom. The molecule has 0 amide bonds. The molecule has 0 heterocycles. The first-order chi connectivity index (χ1) is 6.73. The minimum absolute atomic E-state index is 0.173. The van der Waals surface area contributed by atoms with E-state index in [0.717, 1.165) is 13.0 Å². The van der Waals surface area contributed by atoms with Gasteiger partial charge in [0.1, 0.15) is 5.75 Å². The van der Waals surface area contributed by atoms with Crippen molar-refractivity contribution in [2.75, 3.05) is 5.73 Å². The molecule has 0 saturated heterocycles. The van der Waals surface area contributed by atoms with E-state index in [4.69, 9.17) is 10.8 Å². The lowest BCUT2D eigenvalue weighted by Gasteiger charge is -2.11. The molecule has 0 radical (unpaired) electrons. The Hall–Kier alpha value is -1.72. The summed E-state index contributed by atoms with van der Waals surface area (Å²) in [6.45, 7) is 1.10. The Bertz CT molecular complexity index is 413. The fourth-order valence-corrected chi connectivity index (χ4v) is 1.14. The molecule has 1 aromatic rings. The second kappa shape index (κ2) is 3.45. The highest BCUT2D eigenvalue weighted by atomic mass is 19.4. The summed E-state index contributed by atoms with van der Waals surface area (Å²) in [7, 11) is 0. The van der Waals surface area contributed by atoms with Crippen LogP contribution >= 0.6 is 0 Å². The highest BCUT2D eigenvalue weighted by Crippen LogP contribution is 2.37. The number of carbonyl (C=O) groups is 1. The molecule has 82 valence electrons. The standard InChI is InChI=1S/C9H8F3NO2/c1-4(14)5-2-6(9(10,11)12)8(15)3-7(5)13/h2-3,15H,13H2,1H3. The molecule has 0 aliphatic heterocycles. The number of nitrogens with two attached hydrogens (primary N) is 1. The van der Waals surface area contributed by atoms with Crippen LogP contribution in [0.2, 0.25) is 0 Å². The molecule has 0 bridgehead atoms. The van der Waals surface area contributed by atoms with Gasteiger partial charge in [-0.25, -0.2) is 0 Å². The summed E-state index contributed by atoms with van der Waals surface area (Å²) < 4.78 is 36.9. The Labute approximate surface area is 83.3 Å². The molecule has 0 unspecified atom stereocenters. The molecule has 0 spiro atoms. The molecule has 6 heteroatoms. The number of aromatic hydroxyl groups is 1. The lowest BCUT2D eigenvalue weighted by molar-refractivity contribution is -0.138. The van der Waals surface area contributed by atoms with Crippen molar-refractivity contribution in [3.63, 3.8) is 0 Å². The van der Waals surface area contributed by atoms with Crippen LogP contribution < -0.4 is 5.73 Å². The van der Waals surface area contributed by atoms with Crippen molar-refractivity contribution in [2.45, 2.75) is 13.1 Å². The van der Waals surface area contributed by atoms with E-state index < -0.39 is 23.3 Å². The SMILES string of the molecule is CC(=O)c1cc(C(F)(F)F)c(O)cc1N. The zero-order valence-corrected chi connectivity index (χ0v) is 7.72. The summed E-state index contributed by atoms with van der Waals surface area (Å²) in [6.07, 6.45) is -4.71. The molecule has 1 rings (SSSR count). The Morgan fingerprint density at radius 2 is 1.93 bits per heavy atom. The van der Waals surface area contributed by atoms with Crippen LogP contribution in [0.1, 0.15) is 22.8 Å². The van der Waals surface area contributed by atoms with Gasteiger partial charge in [0, 0.05) is 17.3 Å². The first-order valence-corrected chi connectivity index (χ1v) is 3.94. The van der Waals surface area contributed by atoms with Crippen LogP contribution in [-0.2, 0) is 6.18 Å². The zero-order valence-electron chi connectivity index (χ0n) is 7.72. The molecular weight excluding hydrogens is 211 g/mol. The lowest BCUT2D eigenvalue weighted by Crippen LogP contribution is -2.09. The van der Waals surface area contributed by atoms with E-state index in [-0.39, 0.29) is 11.3 Å². The number of anilines is 1. The molecule has 0 saturated carbocycles. The van der Waals surface area contributed by atoms with Gasteiger partial charge in [-0.2, -0.15) is 13.2 Å². The molecule has 1 aromatic carbocycles. The number of phenols is 1. The first kappa shape index (κ1) is 11.4. The summed E-state index contributed by atoms with van der Waals surface area (Å²) in [5, 5.41) is 9.02. The number of benzene rings is 1. The van der Waals surface area contributed by atoms with Gasteiger partial charge < -0.3 is 10.8 Å². The minimum atomic E-state index is -4.71. The fraction of sp³-hybridized carbons (Fsp3) is 0.222. The largest absolute Gasteiger partial charge is 0.507 e. The van der Waals surface area contributed by atoms with E-state index in [2.05, 4.69) is 0 Å². The third-order valence-corrected chi connectivity index (χ3v) is 1.85. The van der Waals surface area contributed by atoms with Crippen LogP contribution in [0.3, 0.4) is 0 Å². The highest BCUT2D eigenvalue weighted by Gasteiger charge is 2.34. The van der Waals surface area contributed by atoms with E-state index in [1.807, 2.05) is 0 Å². The maximum Gasteiger partial charge on any atom is 0.419 e. The van der Waals surface area contributed by atoms with Gasteiger partial charge in [-0.05, 0) is 13.0 Å². The Balaban J connectivity index is 3.43. The molecule has 3 N–H and O–H groups in total. The predicted octanol–water partition coefficient (Wildman–Crippen LogP) is 2.20. The van der Waals surface area contributed by atoms with Gasteiger partial charge in [-0.3, -0.25) is 4.79 Å². The first-order valence-electron chi connectivity index (χ1n) is 3.94. The van der Waals surface area contributed by atoms with E-state index in [1.54, 1.807) is 0 Å². The maximum atomic E-state index is 12.3. The molecule has 3 nitrogen and oxygen atoms in total. The van der Waals surface area contributed by atoms with Crippen LogP contribution in [0.4, 0.5) is 18.9 Å². The Morgan fingerprint density at radius 3 is 2.33 bits per heavy atom. The molecule has 0 atom stereocenters. The van der Waals surface area contributed by atoms with Crippen molar-refractivity contribution in [3.8, 4) is 5.75 Å². The third-order valence-electron chi connectivity index (χ3n) is 1.85. The number of nitrogen functional groups attached to an aromatic ring is 1. The normalized spacial score (nSPS) is 11.5. The van der Waals surface area contributed by atoms with Gasteiger partial charge in [0.2, 0.25) is 0 Å². The van der Waals surface area contributed by atoms with Gasteiger partial charge in [0.15, 0.2) is 5.78 Å². The third kappa shape index (κ3) is 2.20. The van der Waals surface area contributed by atoms with E-state index in [9.17, 15) is 18.0 Å². The summed E-state index contributed by atoms with van der Waals surface area (Å²) in [6, 6.07) is 1.27. The summed E-state index contributed by atoms with van der Waals surface area (Å²) in [5.41, 5.74) is 3.60. The molecule has 15 heavy (non-hydrogen) atoms. The van der Waals surface area contributed by atoms with E-state index in [0.29, 0.717) is 6.07 Å². The van der Waals surface area contributed by atoms with Crippen LogP contribution in [-0.4, -0.2) is 10.9 Å². The number of carbonyl (C=O) groups excluding carboxylic acids is 1. The number of halogens is 3. The van der Waals surface area contributed by atoms with Crippen LogP contribution in [0.25, 0.3) is 0 Å². The van der Waals surface area contributed by atoms with Gasteiger partial charge in [0.25, 0.3) is 0 Å². The summed E-state index contributed by atoms with van der Waals surface area (Å²) in [4.78, 5) is 10.9. The molecular formula is C9H8F3NO2. The second-order valence-corrected chi connectivity index (χ2v) is 3.01. The summed E-state index contributed by atoms with van der Waals surface area (Å²) >= 11 is 0. The molecule has 0 aliphatic carbocycles. The number of hydrogen-bond acceptors (Lipinski definition) is 3. The smallest absolute Gasteiger partial charge is 0.419 e. The fourth-order valence-electron chi connectivity index (χ4n) is 1.14. The minimum Gasteiger partial charge on any atom is -0.507 e. The van der Waals surface area contributed by atoms with Crippen LogP contribution in [0.15, 0.2) is 12.1 Å².